The van der Waals surface area contributed by atoms with Crippen LogP contribution in [0, 0.1) is 0 Å². The first-order valence-electron chi connectivity index (χ1n) is 10.3. The second-order valence-corrected chi connectivity index (χ2v) is 9.70. The number of hydrogen-bond donors (Lipinski definition) is 1. The highest BCUT2D eigenvalue weighted by Gasteiger charge is 2.33. The summed E-state index contributed by atoms with van der Waals surface area (Å²) in [6.07, 6.45) is 1.28. The van der Waals surface area contributed by atoms with Crippen LogP contribution in [0.25, 0.3) is 0 Å². The monoisotopic (exact) mass is 461 g/mol. The molecule has 1 aromatic carbocycles. The van der Waals surface area contributed by atoms with Crippen molar-refractivity contribution in [1.82, 2.24) is 9.62 Å². The summed E-state index contributed by atoms with van der Waals surface area (Å²) in [5.74, 6) is -0.235. The number of piperidine rings is 1. The first kappa shape index (κ1) is 23.5. The van der Waals surface area contributed by atoms with Gasteiger partial charge in [0, 0.05) is 32.0 Å². The van der Waals surface area contributed by atoms with Gasteiger partial charge in [-0.2, -0.15) is 17.5 Å². The Balaban J connectivity index is 1.50. The predicted octanol–water partition coefficient (Wildman–Crippen LogP) is 3.31. The van der Waals surface area contributed by atoms with Gasteiger partial charge in [0.1, 0.15) is 0 Å². The number of hydrogen-bond acceptors (Lipinski definition) is 5. The molecule has 2 fully saturated rings. The van der Waals surface area contributed by atoms with Gasteiger partial charge >= 0.3 is 6.18 Å². The van der Waals surface area contributed by atoms with Crippen molar-refractivity contribution in [3.8, 4) is 0 Å². The van der Waals surface area contributed by atoms with Crippen molar-refractivity contribution in [3.63, 3.8) is 0 Å². The predicted molar refractivity (Wildman–Crippen MR) is 108 cm³/mol. The number of rotatable bonds is 6. The van der Waals surface area contributed by atoms with Crippen LogP contribution in [-0.2, 0) is 25.8 Å². The molecule has 172 valence electrons. The van der Waals surface area contributed by atoms with Gasteiger partial charge in [0.2, 0.25) is 10.0 Å². The maximum absolute atomic E-state index is 12.9. The minimum Gasteiger partial charge on any atom is -0.386 e. The Morgan fingerprint density at radius 3 is 2.48 bits per heavy atom. The van der Waals surface area contributed by atoms with Crippen molar-refractivity contribution in [2.24, 2.45) is 5.16 Å². The van der Waals surface area contributed by atoms with Crippen LogP contribution in [0.2, 0.25) is 0 Å². The van der Waals surface area contributed by atoms with E-state index in [1.807, 2.05) is 0 Å². The molecule has 1 saturated carbocycles. The second-order valence-electron chi connectivity index (χ2n) is 7.76. The Labute approximate surface area is 179 Å². The van der Waals surface area contributed by atoms with Crippen LogP contribution < -0.4 is 5.32 Å². The molecular formula is C20H26F3N3O4S. The van der Waals surface area contributed by atoms with Crippen LogP contribution in [0.3, 0.4) is 0 Å². The number of alkyl halides is 3. The molecule has 0 radical (unpaired) electrons. The summed E-state index contributed by atoms with van der Waals surface area (Å²) in [5.41, 5.74) is -0.395. The zero-order valence-corrected chi connectivity index (χ0v) is 17.8. The Kier molecular flexibility index (Phi) is 7.58. The summed E-state index contributed by atoms with van der Waals surface area (Å²) in [4.78, 5) is 16.6. The average Bonchev–Trinajstić information content (AvgIpc) is 2.74. The quantitative estimate of drug-likeness (QED) is 0.659. The normalized spacial score (nSPS) is 19.1. The number of carbonyl (C=O) groups excluding carboxylic acids is 1. The molecule has 3 rings (SSSR count). The zero-order valence-electron chi connectivity index (χ0n) is 17.0. The third-order valence-electron chi connectivity index (χ3n) is 5.46. The van der Waals surface area contributed by atoms with Crippen LogP contribution in [0.15, 0.2) is 34.3 Å². The number of benzene rings is 1. The summed E-state index contributed by atoms with van der Waals surface area (Å²) in [5, 5.41) is 6.85. The van der Waals surface area contributed by atoms with Gasteiger partial charge in [-0.1, -0.05) is 30.5 Å². The SMILES string of the molecule is O=C(CON=C1CCN(S(=O)(=O)c2cccc(C(F)(F)F)c2)CC1)NC1CCCCC1. The van der Waals surface area contributed by atoms with E-state index in [-0.39, 0.29) is 44.5 Å². The highest BCUT2D eigenvalue weighted by Crippen LogP contribution is 2.31. The van der Waals surface area contributed by atoms with Crippen LogP contribution in [0.1, 0.15) is 50.5 Å². The van der Waals surface area contributed by atoms with Crippen LogP contribution in [0.5, 0.6) is 0 Å². The molecule has 1 N–H and O–H groups in total. The minimum absolute atomic E-state index is 0.0784. The highest BCUT2D eigenvalue weighted by atomic mass is 32.2. The fourth-order valence-electron chi connectivity index (χ4n) is 3.76. The van der Waals surface area contributed by atoms with E-state index in [2.05, 4.69) is 10.5 Å². The fraction of sp³-hybridized carbons (Fsp3) is 0.600. The molecule has 0 bridgehead atoms. The lowest BCUT2D eigenvalue weighted by Gasteiger charge is -2.27. The van der Waals surface area contributed by atoms with Crippen molar-refractivity contribution in [1.29, 1.82) is 0 Å². The lowest BCUT2D eigenvalue weighted by molar-refractivity contribution is -0.137. The highest BCUT2D eigenvalue weighted by molar-refractivity contribution is 7.89. The third kappa shape index (κ3) is 6.42. The Morgan fingerprint density at radius 2 is 1.84 bits per heavy atom. The van der Waals surface area contributed by atoms with E-state index >= 15 is 0 Å². The van der Waals surface area contributed by atoms with Crippen LogP contribution in [-0.4, -0.2) is 50.1 Å². The maximum atomic E-state index is 12.9. The van der Waals surface area contributed by atoms with Gasteiger partial charge in [-0.3, -0.25) is 4.79 Å². The largest absolute Gasteiger partial charge is 0.416 e. The van der Waals surface area contributed by atoms with Gasteiger partial charge in [0.15, 0.2) is 6.61 Å². The van der Waals surface area contributed by atoms with E-state index in [4.69, 9.17) is 4.84 Å². The van der Waals surface area contributed by atoms with E-state index in [0.29, 0.717) is 11.8 Å². The minimum atomic E-state index is -4.62. The third-order valence-corrected chi connectivity index (χ3v) is 7.35. The molecule has 0 unspecified atom stereocenters. The van der Waals surface area contributed by atoms with Gasteiger partial charge < -0.3 is 10.2 Å². The fourth-order valence-corrected chi connectivity index (χ4v) is 5.24. The number of nitrogens with zero attached hydrogens (tertiary/aromatic N) is 2. The van der Waals surface area contributed by atoms with Gasteiger partial charge in [0.05, 0.1) is 16.2 Å². The topological polar surface area (TPSA) is 88.1 Å². The number of amides is 1. The number of carbonyl (C=O) groups is 1. The molecule has 7 nitrogen and oxygen atoms in total. The van der Waals surface area contributed by atoms with E-state index in [1.54, 1.807) is 0 Å². The number of nitrogens with one attached hydrogen (secondary N) is 1. The molecule has 1 heterocycles. The lowest BCUT2D eigenvalue weighted by Crippen LogP contribution is -2.39. The second kappa shape index (κ2) is 9.99. The van der Waals surface area contributed by atoms with Crippen molar-refractivity contribution < 1.29 is 31.2 Å². The maximum Gasteiger partial charge on any atom is 0.416 e. The summed E-state index contributed by atoms with van der Waals surface area (Å²) >= 11 is 0. The molecule has 2 aliphatic rings. The van der Waals surface area contributed by atoms with Crippen LogP contribution in [0.4, 0.5) is 13.2 Å². The molecule has 1 aliphatic heterocycles. The van der Waals surface area contributed by atoms with Gasteiger partial charge in [-0.15, -0.1) is 0 Å². The number of sulfonamides is 1. The summed E-state index contributed by atoms with van der Waals surface area (Å²) in [6, 6.07) is 3.90. The van der Waals surface area contributed by atoms with Gasteiger partial charge in [0.25, 0.3) is 5.91 Å². The standard InChI is InChI=1S/C20H26F3N3O4S/c21-20(22,23)15-5-4-8-18(13-15)31(28,29)26-11-9-17(10-12-26)25-30-14-19(27)24-16-6-2-1-3-7-16/h4-5,8,13,16H,1-3,6-7,9-12,14H2,(H,24,27). The van der Waals surface area contributed by atoms with E-state index in [1.165, 1.54) is 6.42 Å². The molecule has 1 saturated heterocycles. The summed E-state index contributed by atoms with van der Waals surface area (Å²) in [6.45, 7) is -0.0453. The first-order chi connectivity index (χ1) is 14.7. The lowest BCUT2D eigenvalue weighted by atomic mass is 9.95. The molecule has 0 aromatic heterocycles. The van der Waals surface area contributed by atoms with Gasteiger partial charge in [-0.05, 0) is 31.0 Å². The average molecular weight is 462 g/mol. The summed E-state index contributed by atoms with van der Waals surface area (Å²) in [7, 11) is -4.05. The van der Waals surface area contributed by atoms with Crippen molar-refractivity contribution in [3.05, 3.63) is 29.8 Å². The first-order valence-corrected chi connectivity index (χ1v) is 11.7. The number of oxime groups is 1. The molecule has 0 atom stereocenters. The van der Waals surface area contributed by atoms with E-state index in [9.17, 15) is 26.4 Å². The molecule has 31 heavy (non-hydrogen) atoms. The van der Waals surface area contributed by atoms with E-state index < -0.39 is 26.7 Å². The summed E-state index contributed by atoms with van der Waals surface area (Å²) < 4.78 is 65.2. The van der Waals surface area contributed by atoms with Crippen molar-refractivity contribution in [2.45, 2.75) is 62.1 Å². The molecule has 1 aromatic rings. The molecule has 0 spiro atoms. The van der Waals surface area contributed by atoms with Gasteiger partial charge in [-0.25, -0.2) is 8.42 Å². The Hall–Kier alpha value is -2.14. The smallest absolute Gasteiger partial charge is 0.386 e. The Bertz CT molecular complexity index is 902. The Morgan fingerprint density at radius 1 is 1.16 bits per heavy atom. The molecule has 1 aliphatic carbocycles. The number of halogens is 3. The molecular weight excluding hydrogens is 435 g/mol. The zero-order chi connectivity index (χ0) is 22.5. The van der Waals surface area contributed by atoms with Crippen molar-refractivity contribution in [2.75, 3.05) is 19.7 Å². The van der Waals surface area contributed by atoms with E-state index in [0.717, 1.165) is 48.2 Å². The van der Waals surface area contributed by atoms with Crippen molar-refractivity contribution >= 4 is 21.6 Å². The molecule has 11 heteroatoms. The molecule has 1 amide bonds. The van der Waals surface area contributed by atoms with Crippen LogP contribution >= 0.6 is 0 Å².